The van der Waals surface area contributed by atoms with E-state index in [9.17, 15) is 8.78 Å². The summed E-state index contributed by atoms with van der Waals surface area (Å²) in [5, 5.41) is 3.50. The highest BCUT2D eigenvalue weighted by Gasteiger charge is 2.32. The molecule has 1 aliphatic heterocycles. The van der Waals surface area contributed by atoms with Crippen molar-refractivity contribution in [2.75, 3.05) is 12.5 Å². The summed E-state index contributed by atoms with van der Waals surface area (Å²) in [6.07, 6.45) is 1.29. The highest BCUT2D eigenvalue weighted by molar-refractivity contribution is 5.78. The second-order valence-electron chi connectivity index (χ2n) is 4.24. The van der Waals surface area contributed by atoms with Gasteiger partial charge in [-0.3, -0.25) is 0 Å². The number of hydrogen-bond donors (Lipinski definition) is 1. The number of aromatic nitrogens is 1. The van der Waals surface area contributed by atoms with Gasteiger partial charge >= 0.3 is 0 Å². The van der Waals surface area contributed by atoms with Crippen LogP contribution in [0.1, 0.15) is 12.5 Å². The van der Waals surface area contributed by atoms with Crippen molar-refractivity contribution < 1.29 is 22.8 Å². The number of anilines is 1. The van der Waals surface area contributed by atoms with Gasteiger partial charge in [-0.1, -0.05) is 5.16 Å². The Hall–Kier alpha value is -2.31. The molecule has 0 amide bonds. The molecule has 0 saturated heterocycles. The van der Waals surface area contributed by atoms with Crippen LogP contribution in [-0.2, 0) is 5.92 Å². The molecule has 0 atom stereocenters. The van der Waals surface area contributed by atoms with Crippen LogP contribution in [0.5, 0.6) is 11.5 Å². The number of nitrogen functional groups attached to an aromatic ring is 1. The van der Waals surface area contributed by atoms with E-state index in [0.717, 1.165) is 6.92 Å². The largest absolute Gasteiger partial charge is 0.454 e. The van der Waals surface area contributed by atoms with Crippen LogP contribution < -0.4 is 15.2 Å². The summed E-state index contributed by atoms with van der Waals surface area (Å²) in [5.41, 5.74) is 5.89. The lowest BCUT2D eigenvalue weighted by Gasteiger charge is -2.16. The Morgan fingerprint density at radius 3 is 2.47 bits per heavy atom. The second kappa shape index (κ2) is 3.84. The van der Waals surface area contributed by atoms with E-state index in [1.54, 1.807) is 0 Å². The van der Waals surface area contributed by atoms with Crippen molar-refractivity contribution in [1.29, 1.82) is 0 Å². The number of rotatable bonds is 2. The minimum absolute atomic E-state index is 0.00658. The number of nitrogens with zero attached hydrogens (tertiary/aromatic N) is 1. The SMILES string of the molecule is CC(F)(F)c1cc2c(cc1-c1cnoc1N)OCO2. The van der Waals surface area contributed by atoms with E-state index < -0.39 is 5.92 Å². The standard InChI is InChI=1S/C12H10F2N2O3/c1-12(13,14)8-3-10-9(17-5-18-10)2-6(8)7-4-16-19-11(7)15/h2-4H,5,15H2,1H3. The average Bonchev–Trinajstić information content (AvgIpc) is 2.93. The Balaban J connectivity index is 2.25. The van der Waals surface area contributed by atoms with Gasteiger partial charge < -0.3 is 19.7 Å². The average molecular weight is 268 g/mol. The molecule has 0 bridgehead atoms. The first-order chi connectivity index (χ1) is 8.97. The van der Waals surface area contributed by atoms with Crippen molar-refractivity contribution in [3.63, 3.8) is 0 Å². The lowest BCUT2D eigenvalue weighted by atomic mass is 9.97. The molecular weight excluding hydrogens is 258 g/mol. The maximum absolute atomic E-state index is 13.7. The molecule has 1 aromatic heterocycles. The Labute approximate surface area is 106 Å². The van der Waals surface area contributed by atoms with Gasteiger partial charge in [0.15, 0.2) is 11.5 Å². The van der Waals surface area contributed by atoms with Crippen molar-refractivity contribution in [2.24, 2.45) is 0 Å². The van der Waals surface area contributed by atoms with Crippen molar-refractivity contribution in [3.05, 3.63) is 23.9 Å². The first-order valence-corrected chi connectivity index (χ1v) is 5.49. The maximum atomic E-state index is 13.7. The molecular formula is C12H10F2N2O3. The fourth-order valence-corrected chi connectivity index (χ4v) is 1.98. The summed E-state index contributed by atoms with van der Waals surface area (Å²) < 4.78 is 42.5. The Bertz CT molecular complexity index is 634. The molecule has 19 heavy (non-hydrogen) atoms. The lowest BCUT2D eigenvalue weighted by Crippen LogP contribution is -2.09. The van der Waals surface area contributed by atoms with E-state index >= 15 is 0 Å². The third-order valence-electron chi connectivity index (χ3n) is 2.87. The molecule has 0 saturated carbocycles. The molecule has 100 valence electrons. The molecule has 2 N–H and O–H groups in total. The zero-order valence-electron chi connectivity index (χ0n) is 9.94. The minimum Gasteiger partial charge on any atom is -0.454 e. The van der Waals surface area contributed by atoms with E-state index in [1.807, 2.05) is 0 Å². The van der Waals surface area contributed by atoms with Gasteiger partial charge in [0.25, 0.3) is 5.92 Å². The van der Waals surface area contributed by atoms with Crippen LogP contribution >= 0.6 is 0 Å². The quantitative estimate of drug-likeness (QED) is 0.906. The fourth-order valence-electron chi connectivity index (χ4n) is 1.98. The molecule has 0 radical (unpaired) electrons. The van der Waals surface area contributed by atoms with Gasteiger partial charge in [-0.15, -0.1) is 0 Å². The maximum Gasteiger partial charge on any atom is 0.271 e. The van der Waals surface area contributed by atoms with Gasteiger partial charge in [-0.05, 0) is 12.1 Å². The summed E-state index contributed by atoms with van der Waals surface area (Å²) in [5.74, 6) is -2.40. The van der Waals surface area contributed by atoms with Crippen LogP contribution in [0, 0.1) is 0 Å². The van der Waals surface area contributed by atoms with Gasteiger partial charge in [0.1, 0.15) is 0 Å². The molecule has 0 spiro atoms. The second-order valence-corrected chi connectivity index (χ2v) is 4.24. The van der Waals surface area contributed by atoms with Crippen molar-refractivity contribution in [3.8, 4) is 22.6 Å². The summed E-state index contributed by atoms with van der Waals surface area (Å²) in [4.78, 5) is 0. The Morgan fingerprint density at radius 1 is 1.21 bits per heavy atom. The molecule has 1 aliphatic rings. The van der Waals surface area contributed by atoms with Crippen molar-refractivity contribution in [2.45, 2.75) is 12.8 Å². The number of nitrogens with two attached hydrogens (primary N) is 1. The highest BCUT2D eigenvalue weighted by atomic mass is 19.3. The number of alkyl halides is 2. The van der Waals surface area contributed by atoms with Gasteiger partial charge in [-0.25, -0.2) is 8.78 Å². The predicted octanol–water partition coefficient (Wildman–Crippen LogP) is 2.76. The van der Waals surface area contributed by atoms with Crippen LogP contribution in [0.3, 0.4) is 0 Å². The van der Waals surface area contributed by atoms with Gasteiger partial charge in [-0.2, -0.15) is 0 Å². The number of halogens is 2. The highest BCUT2D eigenvalue weighted by Crippen LogP contribution is 2.45. The topological polar surface area (TPSA) is 70.5 Å². The molecule has 0 fully saturated rings. The number of ether oxygens (including phenoxy) is 2. The van der Waals surface area contributed by atoms with Gasteiger partial charge in [0, 0.05) is 18.1 Å². The van der Waals surface area contributed by atoms with Crippen molar-refractivity contribution in [1.82, 2.24) is 5.16 Å². The van der Waals surface area contributed by atoms with Gasteiger partial charge in [0.2, 0.25) is 12.7 Å². The fraction of sp³-hybridized carbons (Fsp3) is 0.250. The van der Waals surface area contributed by atoms with E-state index in [-0.39, 0.29) is 29.6 Å². The number of benzene rings is 1. The van der Waals surface area contributed by atoms with Crippen LogP contribution in [0.4, 0.5) is 14.7 Å². The van der Waals surface area contributed by atoms with E-state index in [2.05, 4.69) is 5.16 Å². The summed E-state index contributed by atoms with van der Waals surface area (Å²) in [6, 6.07) is 2.71. The summed E-state index contributed by atoms with van der Waals surface area (Å²) >= 11 is 0. The van der Waals surface area contributed by atoms with Crippen molar-refractivity contribution >= 4 is 5.88 Å². The zero-order chi connectivity index (χ0) is 13.6. The van der Waals surface area contributed by atoms with E-state index in [4.69, 9.17) is 19.7 Å². The Kier molecular flexibility index (Phi) is 2.38. The zero-order valence-corrected chi connectivity index (χ0v) is 9.94. The first kappa shape index (κ1) is 11.8. The molecule has 5 nitrogen and oxygen atoms in total. The number of hydrogen-bond acceptors (Lipinski definition) is 5. The normalized spacial score (nSPS) is 13.8. The summed E-state index contributed by atoms with van der Waals surface area (Å²) in [6.45, 7) is 0.810. The molecule has 2 heterocycles. The van der Waals surface area contributed by atoms with E-state index in [1.165, 1.54) is 18.3 Å². The number of fused-ring (bicyclic) bond motifs is 1. The van der Waals surface area contributed by atoms with Crippen LogP contribution in [-0.4, -0.2) is 11.9 Å². The third kappa shape index (κ3) is 1.87. The van der Waals surface area contributed by atoms with Crippen LogP contribution in [0.2, 0.25) is 0 Å². The van der Waals surface area contributed by atoms with E-state index in [0.29, 0.717) is 11.3 Å². The molecule has 2 aromatic rings. The summed E-state index contributed by atoms with van der Waals surface area (Å²) in [7, 11) is 0. The first-order valence-electron chi connectivity index (χ1n) is 5.49. The molecule has 0 aliphatic carbocycles. The lowest BCUT2D eigenvalue weighted by molar-refractivity contribution is 0.0179. The minimum atomic E-state index is -3.06. The van der Waals surface area contributed by atoms with Gasteiger partial charge in [0.05, 0.1) is 11.8 Å². The predicted molar refractivity (Wildman–Crippen MR) is 62.0 cm³/mol. The molecule has 7 heteroatoms. The van der Waals surface area contributed by atoms with Crippen LogP contribution in [0.25, 0.3) is 11.1 Å². The third-order valence-corrected chi connectivity index (χ3v) is 2.87. The Morgan fingerprint density at radius 2 is 1.89 bits per heavy atom. The monoisotopic (exact) mass is 268 g/mol. The molecule has 1 aromatic carbocycles. The smallest absolute Gasteiger partial charge is 0.271 e. The molecule has 0 unspecified atom stereocenters. The van der Waals surface area contributed by atoms with Crippen LogP contribution in [0.15, 0.2) is 22.9 Å². The molecule has 3 rings (SSSR count).